The number of allylic oxidation sites excluding steroid dienone is 2. The first kappa shape index (κ1) is 30.2. The second-order valence-electron chi connectivity index (χ2n) is 10.2. The van der Waals surface area contributed by atoms with Crippen LogP contribution in [0.1, 0.15) is 25.8 Å². The van der Waals surface area contributed by atoms with Crippen molar-refractivity contribution >= 4 is 45.5 Å². The molecule has 3 aromatic rings. The Morgan fingerprint density at radius 3 is 2.60 bits per heavy atom. The second-order valence-corrected chi connectivity index (χ2v) is 11.2. The molecule has 1 aliphatic carbocycles. The van der Waals surface area contributed by atoms with Crippen LogP contribution in [-0.2, 0) is 15.7 Å². The monoisotopic (exact) mass is 616 g/mol. The summed E-state index contributed by atoms with van der Waals surface area (Å²) in [6, 6.07) is 3.69. The first-order chi connectivity index (χ1) is 20.5. The fraction of sp³-hybridized carbons (Fsp3) is 0.393. The van der Waals surface area contributed by atoms with Gasteiger partial charge in [-0.2, -0.15) is 13.2 Å². The Morgan fingerprint density at radius 1 is 1.14 bits per heavy atom. The molecule has 5 rings (SSSR count). The molecular weight excluding hydrogens is 585 g/mol. The number of amides is 2. The molecule has 0 saturated carbocycles. The molecule has 1 aliphatic heterocycles. The van der Waals surface area contributed by atoms with Crippen molar-refractivity contribution in [2.45, 2.75) is 26.4 Å². The number of halogens is 3. The molecular formula is C28H31F3N8O3S. The minimum Gasteiger partial charge on any atom is -0.453 e. The second kappa shape index (κ2) is 12.6. The predicted octanol–water partition coefficient (Wildman–Crippen LogP) is 5.19. The SMILES string of the molecule is CCN1CCN(c2cc(NC(=O)C3=CCC(C)C(n4cc(-c5cnc(NC(=O)OC)s5)nn4)=C3)cc(C(F)(F)F)c2)CC1. The van der Waals surface area contributed by atoms with E-state index in [2.05, 4.69) is 42.5 Å². The van der Waals surface area contributed by atoms with E-state index in [1.54, 1.807) is 35.3 Å². The van der Waals surface area contributed by atoms with Crippen molar-refractivity contribution in [3.8, 4) is 10.6 Å². The van der Waals surface area contributed by atoms with Gasteiger partial charge in [0.1, 0.15) is 5.69 Å². The van der Waals surface area contributed by atoms with E-state index in [-0.39, 0.29) is 11.6 Å². The van der Waals surface area contributed by atoms with Crippen molar-refractivity contribution in [2.24, 2.45) is 5.92 Å². The molecule has 3 heterocycles. The number of hydrogen-bond donors (Lipinski definition) is 2. The number of likely N-dealkylation sites (N-methyl/N-ethyl adjacent to an activating group) is 1. The van der Waals surface area contributed by atoms with Gasteiger partial charge >= 0.3 is 12.3 Å². The molecule has 1 unspecified atom stereocenters. The number of carbonyl (C=O) groups excluding carboxylic acids is 2. The summed E-state index contributed by atoms with van der Waals surface area (Å²) >= 11 is 1.19. The number of nitrogens with zero attached hydrogens (tertiary/aromatic N) is 6. The number of carbonyl (C=O) groups is 2. The minimum atomic E-state index is -4.56. The lowest BCUT2D eigenvalue weighted by Crippen LogP contribution is -2.46. The largest absolute Gasteiger partial charge is 0.453 e. The van der Waals surface area contributed by atoms with E-state index in [0.717, 1.165) is 31.8 Å². The van der Waals surface area contributed by atoms with Crippen LogP contribution in [-0.4, -0.2) is 76.7 Å². The Morgan fingerprint density at radius 2 is 1.91 bits per heavy atom. The van der Waals surface area contributed by atoms with Crippen LogP contribution in [0, 0.1) is 5.92 Å². The third-order valence-electron chi connectivity index (χ3n) is 7.36. The van der Waals surface area contributed by atoms with Crippen LogP contribution in [0.2, 0.25) is 0 Å². The van der Waals surface area contributed by atoms with Gasteiger partial charge in [0.15, 0.2) is 5.13 Å². The minimum absolute atomic E-state index is 0.00828. The number of benzene rings is 1. The fourth-order valence-electron chi connectivity index (χ4n) is 4.88. The third kappa shape index (κ3) is 7.05. The normalized spacial score (nSPS) is 17.7. The van der Waals surface area contributed by atoms with Gasteiger partial charge in [0.2, 0.25) is 0 Å². The molecule has 11 nitrogen and oxygen atoms in total. The van der Waals surface area contributed by atoms with Crippen LogP contribution >= 0.6 is 11.3 Å². The maximum atomic E-state index is 13.8. The van der Waals surface area contributed by atoms with E-state index in [4.69, 9.17) is 0 Å². The van der Waals surface area contributed by atoms with Gasteiger partial charge in [0, 0.05) is 60.9 Å². The summed E-state index contributed by atoms with van der Waals surface area (Å²) in [7, 11) is 1.25. The molecule has 1 fully saturated rings. The summed E-state index contributed by atoms with van der Waals surface area (Å²) in [6.45, 7) is 7.62. The van der Waals surface area contributed by atoms with Crippen molar-refractivity contribution in [1.82, 2.24) is 24.9 Å². The van der Waals surface area contributed by atoms with E-state index in [0.29, 0.717) is 52.2 Å². The van der Waals surface area contributed by atoms with Gasteiger partial charge < -0.3 is 19.9 Å². The third-order valence-corrected chi connectivity index (χ3v) is 8.30. The highest BCUT2D eigenvalue weighted by Crippen LogP contribution is 2.36. The lowest BCUT2D eigenvalue weighted by atomic mass is 9.94. The Balaban J connectivity index is 1.34. The number of piperazine rings is 1. The van der Waals surface area contributed by atoms with Crippen molar-refractivity contribution < 1.29 is 27.5 Å². The Bertz CT molecular complexity index is 1560. The summed E-state index contributed by atoms with van der Waals surface area (Å²) in [5.74, 6) is -0.530. The number of hydrogen-bond acceptors (Lipinski definition) is 9. The van der Waals surface area contributed by atoms with Gasteiger partial charge in [-0.05, 0) is 37.2 Å². The average molecular weight is 617 g/mol. The van der Waals surface area contributed by atoms with Gasteiger partial charge in [0.05, 0.1) is 23.7 Å². The van der Waals surface area contributed by atoms with Crippen LogP contribution in [0.15, 0.2) is 48.3 Å². The number of ether oxygens (including phenoxy) is 1. The van der Waals surface area contributed by atoms with Gasteiger partial charge in [-0.3, -0.25) is 10.1 Å². The number of methoxy groups -OCH3 is 1. The molecule has 0 radical (unpaired) electrons. The summed E-state index contributed by atoms with van der Waals surface area (Å²) in [5, 5.41) is 13.9. The molecule has 2 amide bonds. The van der Waals surface area contributed by atoms with Crippen LogP contribution in [0.3, 0.4) is 0 Å². The highest BCUT2D eigenvalue weighted by Gasteiger charge is 2.32. The number of aromatic nitrogens is 4. The molecule has 1 atom stereocenters. The fourth-order valence-corrected chi connectivity index (χ4v) is 5.63. The van der Waals surface area contributed by atoms with Gasteiger partial charge in [-0.1, -0.05) is 36.5 Å². The van der Waals surface area contributed by atoms with Crippen LogP contribution in [0.5, 0.6) is 0 Å². The standard InChI is InChI=1S/C28H31F3N8O3S/c1-4-37-7-9-38(10-8-37)21-13-19(28(29,30)31)12-20(14-21)33-25(40)18-6-5-17(2)23(11-18)39-16-22(35-36-39)24-15-32-26(43-24)34-27(41)42-3/h6,11-17H,4-5,7-10H2,1-3H3,(H,33,40)(H,32,34,41). The molecule has 15 heteroatoms. The first-order valence-electron chi connectivity index (χ1n) is 13.7. The zero-order chi connectivity index (χ0) is 30.7. The summed E-state index contributed by atoms with van der Waals surface area (Å²) in [5.41, 5.74) is 1.20. The molecule has 2 N–H and O–H groups in total. The van der Waals surface area contributed by atoms with E-state index in [1.165, 1.54) is 18.4 Å². The lowest BCUT2D eigenvalue weighted by Gasteiger charge is -2.36. The quantitative estimate of drug-likeness (QED) is 0.373. The van der Waals surface area contributed by atoms with Gasteiger partial charge in [-0.25, -0.2) is 14.5 Å². The maximum Gasteiger partial charge on any atom is 0.416 e. The highest BCUT2D eigenvalue weighted by atomic mass is 32.1. The zero-order valence-electron chi connectivity index (χ0n) is 23.8. The molecule has 1 aromatic carbocycles. The number of alkyl halides is 3. The summed E-state index contributed by atoms with van der Waals surface area (Å²) in [4.78, 5) is 33.7. The van der Waals surface area contributed by atoms with Crippen molar-refractivity contribution in [3.05, 3.63) is 53.9 Å². The number of rotatable bonds is 7. The maximum absolute atomic E-state index is 13.8. The Labute approximate surface area is 250 Å². The highest BCUT2D eigenvalue weighted by molar-refractivity contribution is 7.19. The average Bonchev–Trinajstić information content (AvgIpc) is 3.67. The Kier molecular flexibility index (Phi) is 8.82. The van der Waals surface area contributed by atoms with E-state index >= 15 is 0 Å². The van der Waals surface area contributed by atoms with Gasteiger partial charge in [0.25, 0.3) is 5.91 Å². The van der Waals surface area contributed by atoms with E-state index in [1.807, 2.05) is 11.8 Å². The molecule has 0 bridgehead atoms. The molecule has 2 aromatic heterocycles. The Hall–Kier alpha value is -4.24. The smallest absolute Gasteiger partial charge is 0.416 e. The summed E-state index contributed by atoms with van der Waals surface area (Å²) < 4.78 is 47.5. The van der Waals surface area contributed by atoms with Gasteiger partial charge in [-0.15, -0.1) is 5.10 Å². The van der Waals surface area contributed by atoms with Crippen LogP contribution in [0.4, 0.5) is 34.5 Å². The first-order valence-corrected chi connectivity index (χ1v) is 14.5. The van der Waals surface area contributed by atoms with Crippen molar-refractivity contribution in [3.63, 3.8) is 0 Å². The summed E-state index contributed by atoms with van der Waals surface area (Å²) in [6.07, 6.45) is 1.98. The molecule has 2 aliphatic rings. The van der Waals surface area contributed by atoms with Crippen molar-refractivity contribution in [1.29, 1.82) is 0 Å². The molecule has 0 spiro atoms. The van der Waals surface area contributed by atoms with Crippen molar-refractivity contribution in [2.75, 3.05) is 55.4 Å². The lowest BCUT2D eigenvalue weighted by molar-refractivity contribution is -0.137. The number of nitrogens with one attached hydrogen (secondary N) is 2. The zero-order valence-corrected chi connectivity index (χ0v) is 24.6. The number of thiazole rings is 1. The van der Waals surface area contributed by atoms with E-state index in [9.17, 15) is 22.8 Å². The predicted molar refractivity (Wildman–Crippen MR) is 158 cm³/mol. The van der Waals surface area contributed by atoms with E-state index < -0.39 is 23.7 Å². The molecule has 228 valence electrons. The number of anilines is 3. The topological polar surface area (TPSA) is 118 Å². The molecule has 43 heavy (non-hydrogen) atoms. The van der Waals surface area contributed by atoms with Crippen LogP contribution < -0.4 is 15.5 Å². The molecule has 1 saturated heterocycles. The van der Waals surface area contributed by atoms with Crippen LogP contribution in [0.25, 0.3) is 16.3 Å².